The maximum atomic E-state index is 12.7. The molecule has 0 aliphatic carbocycles. The van der Waals surface area contributed by atoms with E-state index in [2.05, 4.69) is 28.1 Å². The number of benzene rings is 2. The lowest BCUT2D eigenvalue weighted by atomic mass is 10.2. The molecule has 0 saturated carbocycles. The molecule has 106 valence electrons. The van der Waals surface area contributed by atoms with Crippen LogP contribution in [0.5, 0.6) is 0 Å². The van der Waals surface area contributed by atoms with Crippen LogP contribution in [0.1, 0.15) is 5.56 Å². The Bertz CT molecular complexity index is 829. The largest absolute Gasteiger partial charge is 0.366 e. The molecule has 0 fully saturated rings. The van der Waals surface area contributed by atoms with Crippen molar-refractivity contribution in [1.29, 1.82) is 0 Å². The summed E-state index contributed by atoms with van der Waals surface area (Å²) in [5.74, 6) is 0. The van der Waals surface area contributed by atoms with E-state index in [0.29, 0.717) is 0 Å². The molecule has 0 bridgehead atoms. The van der Waals surface area contributed by atoms with Gasteiger partial charge in [0.05, 0.1) is 5.69 Å². The highest BCUT2D eigenvalue weighted by Crippen LogP contribution is 2.24. The average Bonchev–Trinajstić information content (AvgIpc) is 2.49. The molecule has 1 heterocycles. The van der Waals surface area contributed by atoms with Gasteiger partial charge in [-0.05, 0) is 23.8 Å². The Morgan fingerprint density at radius 3 is 2.67 bits per heavy atom. The zero-order valence-corrected chi connectivity index (χ0v) is 13.9. The van der Waals surface area contributed by atoms with Gasteiger partial charge >= 0.3 is 0 Å². The second kappa shape index (κ2) is 6.00. The number of hydrogen-bond donors (Lipinski definition) is 0. The van der Waals surface area contributed by atoms with Crippen LogP contribution in [0.4, 0.5) is 5.69 Å². The number of fused-ring (bicyclic) bond motifs is 1. The van der Waals surface area contributed by atoms with E-state index in [9.17, 15) is 4.79 Å². The van der Waals surface area contributed by atoms with Gasteiger partial charge in [-0.3, -0.25) is 4.79 Å². The molecule has 0 spiro atoms. The fourth-order valence-electron chi connectivity index (χ4n) is 2.30. The van der Waals surface area contributed by atoms with Crippen LogP contribution in [0.2, 0.25) is 0 Å². The summed E-state index contributed by atoms with van der Waals surface area (Å²) >= 11 is 5.04. The molecule has 3 rings (SSSR count). The second-order valence-electron chi connectivity index (χ2n) is 4.93. The SMILES string of the molecule is CN(Cc1ccccc1)c1csc2ccc(Br)cc2c1=O. The Hall–Kier alpha value is -1.65. The van der Waals surface area contributed by atoms with Crippen molar-refractivity contribution in [3.05, 3.63) is 74.2 Å². The van der Waals surface area contributed by atoms with Crippen LogP contribution in [-0.2, 0) is 6.54 Å². The summed E-state index contributed by atoms with van der Waals surface area (Å²) in [4.78, 5) is 14.7. The van der Waals surface area contributed by atoms with E-state index in [1.165, 1.54) is 5.56 Å². The molecule has 0 radical (unpaired) electrons. The lowest BCUT2D eigenvalue weighted by molar-refractivity contribution is 0.921. The van der Waals surface area contributed by atoms with Crippen LogP contribution >= 0.6 is 27.3 Å². The number of nitrogens with zero attached hydrogens (tertiary/aromatic N) is 1. The first-order chi connectivity index (χ1) is 10.1. The predicted octanol–water partition coefficient (Wildman–Crippen LogP) is 4.66. The highest BCUT2D eigenvalue weighted by molar-refractivity contribution is 9.10. The van der Waals surface area contributed by atoms with Crippen LogP contribution in [0.3, 0.4) is 0 Å². The van der Waals surface area contributed by atoms with Crippen LogP contribution < -0.4 is 10.3 Å². The summed E-state index contributed by atoms with van der Waals surface area (Å²) in [5, 5.41) is 2.72. The Balaban J connectivity index is 2.00. The van der Waals surface area contributed by atoms with E-state index in [1.807, 2.05) is 53.7 Å². The standard InChI is InChI=1S/C17H14BrNOS/c1-19(10-12-5-3-2-4-6-12)15-11-21-16-8-7-13(18)9-14(16)17(15)20/h2-9,11H,10H2,1H3. The van der Waals surface area contributed by atoms with Crippen molar-refractivity contribution in [2.75, 3.05) is 11.9 Å². The van der Waals surface area contributed by atoms with Crippen molar-refractivity contribution in [3.63, 3.8) is 0 Å². The minimum Gasteiger partial charge on any atom is -0.366 e. The molecule has 2 aromatic carbocycles. The van der Waals surface area contributed by atoms with Gasteiger partial charge < -0.3 is 4.90 Å². The first kappa shape index (κ1) is 14.3. The van der Waals surface area contributed by atoms with Crippen molar-refractivity contribution in [1.82, 2.24) is 0 Å². The van der Waals surface area contributed by atoms with E-state index in [4.69, 9.17) is 0 Å². The smallest absolute Gasteiger partial charge is 0.211 e. The van der Waals surface area contributed by atoms with Crippen molar-refractivity contribution >= 4 is 43.0 Å². The van der Waals surface area contributed by atoms with E-state index >= 15 is 0 Å². The van der Waals surface area contributed by atoms with Crippen LogP contribution in [0.25, 0.3) is 10.1 Å². The normalized spacial score (nSPS) is 10.8. The summed E-state index contributed by atoms with van der Waals surface area (Å²) < 4.78 is 1.95. The van der Waals surface area contributed by atoms with Gasteiger partial charge in [-0.25, -0.2) is 0 Å². The topological polar surface area (TPSA) is 20.3 Å². The molecule has 0 aliphatic rings. The fraction of sp³-hybridized carbons (Fsp3) is 0.118. The van der Waals surface area contributed by atoms with Gasteiger partial charge in [0.1, 0.15) is 0 Å². The summed E-state index contributed by atoms with van der Waals surface area (Å²) in [5.41, 5.74) is 2.02. The van der Waals surface area contributed by atoms with Gasteiger partial charge in [0, 0.05) is 33.5 Å². The maximum Gasteiger partial charge on any atom is 0.211 e. The highest BCUT2D eigenvalue weighted by Gasteiger charge is 2.10. The monoisotopic (exact) mass is 359 g/mol. The average molecular weight is 360 g/mol. The number of hydrogen-bond acceptors (Lipinski definition) is 3. The molecule has 0 amide bonds. The predicted molar refractivity (Wildman–Crippen MR) is 94.3 cm³/mol. The summed E-state index contributed by atoms with van der Waals surface area (Å²) in [6.07, 6.45) is 0. The van der Waals surface area contributed by atoms with Crippen molar-refractivity contribution in [2.24, 2.45) is 0 Å². The third-order valence-corrected chi connectivity index (χ3v) is 4.83. The third kappa shape index (κ3) is 3.01. The first-order valence-corrected chi connectivity index (χ1v) is 8.28. The molecule has 0 unspecified atom stereocenters. The molecule has 0 saturated heterocycles. The van der Waals surface area contributed by atoms with Gasteiger partial charge in [-0.15, -0.1) is 11.3 Å². The van der Waals surface area contributed by atoms with E-state index < -0.39 is 0 Å². The van der Waals surface area contributed by atoms with Crippen LogP contribution in [-0.4, -0.2) is 7.05 Å². The minimum absolute atomic E-state index is 0.0866. The van der Waals surface area contributed by atoms with E-state index in [1.54, 1.807) is 11.3 Å². The van der Waals surface area contributed by atoms with Gasteiger partial charge in [0.25, 0.3) is 0 Å². The van der Waals surface area contributed by atoms with E-state index in [0.717, 1.165) is 26.8 Å². The molecule has 0 N–H and O–H groups in total. The van der Waals surface area contributed by atoms with Crippen molar-refractivity contribution in [3.8, 4) is 0 Å². The Morgan fingerprint density at radius 2 is 1.90 bits per heavy atom. The molecular formula is C17H14BrNOS. The van der Waals surface area contributed by atoms with Crippen LogP contribution in [0, 0.1) is 0 Å². The molecule has 3 aromatic rings. The van der Waals surface area contributed by atoms with Gasteiger partial charge in [-0.1, -0.05) is 46.3 Å². The molecular weight excluding hydrogens is 346 g/mol. The Kier molecular flexibility index (Phi) is 4.08. The number of rotatable bonds is 3. The van der Waals surface area contributed by atoms with Crippen LogP contribution in [0.15, 0.2) is 63.2 Å². The number of halogens is 1. The van der Waals surface area contributed by atoms with Gasteiger partial charge in [0.2, 0.25) is 5.43 Å². The summed E-state index contributed by atoms with van der Waals surface area (Å²) in [6, 6.07) is 16.0. The summed E-state index contributed by atoms with van der Waals surface area (Å²) in [7, 11) is 1.96. The highest BCUT2D eigenvalue weighted by atomic mass is 79.9. The number of anilines is 1. The lowest BCUT2D eigenvalue weighted by Gasteiger charge is -2.18. The zero-order chi connectivity index (χ0) is 14.8. The second-order valence-corrected chi connectivity index (χ2v) is 6.76. The lowest BCUT2D eigenvalue weighted by Crippen LogP contribution is -2.22. The molecule has 0 atom stereocenters. The molecule has 0 aliphatic heterocycles. The summed E-state index contributed by atoms with van der Waals surface area (Å²) in [6.45, 7) is 0.725. The third-order valence-electron chi connectivity index (χ3n) is 3.39. The Labute approximate surface area is 135 Å². The fourth-order valence-corrected chi connectivity index (χ4v) is 3.61. The molecule has 4 heteroatoms. The van der Waals surface area contributed by atoms with E-state index in [-0.39, 0.29) is 5.43 Å². The van der Waals surface area contributed by atoms with Crippen molar-refractivity contribution in [2.45, 2.75) is 6.54 Å². The van der Waals surface area contributed by atoms with Gasteiger partial charge in [0.15, 0.2) is 0 Å². The quantitative estimate of drug-likeness (QED) is 0.677. The van der Waals surface area contributed by atoms with Crippen molar-refractivity contribution < 1.29 is 0 Å². The first-order valence-electron chi connectivity index (χ1n) is 6.61. The maximum absolute atomic E-state index is 12.7. The molecule has 1 aromatic heterocycles. The van der Waals surface area contributed by atoms with Gasteiger partial charge in [-0.2, -0.15) is 0 Å². The minimum atomic E-state index is 0.0866. The molecule has 21 heavy (non-hydrogen) atoms. The zero-order valence-electron chi connectivity index (χ0n) is 11.5. The Morgan fingerprint density at radius 1 is 1.14 bits per heavy atom. The molecule has 2 nitrogen and oxygen atoms in total.